The lowest BCUT2D eigenvalue weighted by Crippen LogP contribution is -2.27. The molecule has 0 atom stereocenters. The van der Waals surface area contributed by atoms with Crippen molar-refractivity contribution in [3.8, 4) is 0 Å². The quantitative estimate of drug-likeness (QED) is 0.843. The fourth-order valence-corrected chi connectivity index (χ4v) is 4.38. The maximum Gasteiger partial charge on any atom is 0.240 e. The maximum atomic E-state index is 13.6. The molecule has 1 heterocycles. The number of halogens is 1. The van der Waals surface area contributed by atoms with E-state index in [0.717, 1.165) is 12.1 Å². The molecular weight excluding hydrogens is 355 g/mol. The number of amides is 1. The van der Waals surface area contributed by atoms with Gasteiger partial charge in [0.1, 0.15) is 5.82 Å². The summed E-state index contributed by atoms with van der Waals surface area (Å²) in [6, 6.07) is 11.2. The third-order valence-electron chi connectivity index (χ3n) is 4.48. The highest BCUT2D eigenvalue weighted by molar-refractivity contribution is 7.89. The van der Waals surface area contributed by atoms with Crippen molar-refractivity contribution in [1.82, 2.24) is 4.72 Å². The Morgan fingerprint density at radius 3 is 2.62 bits per heavy atom. The van der Waals surface area contributed by atoms with Crippen molar-refractivity contribution in [1.29, 1.82) is 0 Å². The monoisotopic (exact) mass is 376 g/mol. The number of sulfonamides is 1. The summed E-state index contributed by atoms with van der Waals surface area (Å²) in [5.74, 6) is -0.287. The van der Waals surface area contributed by atoms with Gasteiger partial charge < -0.3 is 4.90 Å². The second kappa shape index (κ2) is 7.55. The maximum absolute atomic E-state index is 13.6. The molecule has 26 heavy (non-hydrogen) atoms. The van der Waals surface area contributed by atoms with E-state index in [2.05, 4.69) is 4.72 Å². The Morgan fingerprint density at radius 2 is 1.96 bits per heavy atom. The van der Waals surface area contributed by atoms with E-state index in [4.69, 9.17) is 0 Å². The Morgan fingerprint density at radius 1 is 1.19 bits per heavy atom. The van der Waals surface area contributed by atoms with E-state index in [1.165, 1.54) is 12.1 Å². The predicted molar refractivity (Wildman–Crippen MR) is 98.1 cm³/mol. The highest BCUT2D eigenvalue weighted by Crippen LogP contribution is 2.26. The summed E-state index contributed by atoms with van der Waals surface area (Å²) < 4.78 is 41.2. The number of anilines is 1. The average molecular weight is 376 g/mol. The lowest BCUT2D eigenvalue weighted by Gasteiger charge is -2.17. The fourth-order valence-electron chi connectivity index (χ4n) is 3.12. The van der Waals surface area contributed by atoms with Crippen molar-refractivity contribution in [3.05, 3.63) is 59.4 Å². The van der Waals surface area contributed by atoms with Crippen molar-refractivity contribution in [2.75, 3.05) is 18.0 Å². The number of benzene rings is 2. The Kier molecular flexibility index (Phi) is 5.38. The van der Waals surface area contributed by atoms with Gasteiger partial charge in [-0.2, -0.15) is 0 Å². The van der Waals surface area contributed by atoms with Crippen LogP contribution in [0.15, 0.2) is 47.4 Å². The van der Waals surface area contributed by atoms with Crippen LogP contribution in [0.4, 0.5) is 10.1 Å². The molecule has 0 unspecified atom stereocenters. The molecule has 138 valence electrons. The minimum Gasteiger partial charge on any atom is -0.312 e. The van der Waals surface area contributed by atoms with Gasteiger partial charge >= 0.3 is 0 Å². The van der Waals surface area contributed by atoms with Gasteiger partial charge in [-0.15, -0.1) is 0 Å². The number of aryl methyl sites for hydroxylation is 1. The van der Waals surface area contributed by atoms with Crippen LogP contribution in [0.3, 0.4) is 0 Å². The van der Waals surface area contributed by atoms with Crippen molar-refractivity contribution >= 4 is 21.6 Å². The summed E-state index contributed by atoms with van der Waals surface area (Å²) in [4.78, 5) is 13.7. The van der Waals surface area contributed by atoms with Crippen molar-refractivity contribution in [2.45, 2.75) is 31.1 Å². The smallest absolute Gasteiger partial charge is 0.240 e. The van der Waals surface area contributed by atoms with Gasteiger partial charge in [-0.1, -0.05) is 18.2 Å². The molecule has 1 amide bonds. The van der Waals surface area contributed by atoms with Crippen LogP contribution in [-0.4, -0.2) is 27.4 Å². The minimum atomic E-state index is -3.70. The van der Waals surface area contributed by atoms with E-state index in [9.17, 15) is 17.6 Å². The van der Waals surface area contributed by atoms with Crippen molar-refractivity contribution < 1.29 is 17.6 Å². The zero-order valence-corrected chi connectivity index (χ0v) is 15.4. The number of hydrogen-bond acceptors (Lipinski definition) is 3. The molecule has 0 saturated carbocycles. The average Bonchev–Trinajstić information content (AvgIpc) is 3.02. The summed E-state index contributed by atoms with van der Waals surface area (Å²) in [6.45, 7) is 2.47. The van der Waals surface area contributed by atoms with Crippen LogP contribution >= 0.6 is 0 Å². The first kappa shape index (κ1) is 18.5. The summed E-state index contributed by atoms with van der Waals surface area (Å²) in [5, 5.41) is 0. The molecule has 5 nitrogen and oxygen atoms in total. The van der Waals surface area contributed by atoms with Crippen LogP contribution in [0.1, 0.15) is 24.0 Å². The van der Waals surface area contributed by atoms with E-state index >= 15 is 0 Å². The van der Waals surface area contributed by atoms with Gasteiger partial charge in [0.15, 0.2) is 0 Å². The molecule has 0 bridgehead atoms. The SMILES string of the molecule is Cc1cc(N2CCCC2=O)ccc1S(=O)(=O)NCCc1ccccc1F. The Balaban J connectivity index is 1.71. The molecule has 1 fully saturated rings. The highest BCUT2D eigenvalue weighted by Gasteiger charge is 2.23. The Hall–Kier alpha value is -2.25. The first-order valence-corrected chi connectivity index (χ1v) is 10.0. The van der Waals surface area contributed by atoms with Crippen LogP contribution in [0.2, 0.25) is 0 Å². The van der Waals surface area contributed by atoms with Gasteiger partial charge in [0.2, 0.25) is 15.9 Å². The highest BCUT2D eigenvalue weighted by atomic mass is 32.2. The van der Waals surface area contributed by atoms with Gasteiger partial charge in [0.05, 0.1) is 4.90 Å². The number of carbonyl (C=O) groups excluding carboxylic acids is 1. The molecule has 2 aromatic rings. The molecule has 1 saturated heterocycles. The molecule has 0 spiro atoms. The molecular formula is C19H21FN2O3S. The molecule has 0 aliphatic carbocycles. The van der Waals surface area contributed by atoms with Crippen LogP contribution in [0.25, 0.3) is 0 Å². The van der Waals surface area contributed by atoms with Crippen molar-refractivity contribution in [3.63, 3.8) is 0 Å². The molecule has 1 aliphatic rings. The largest absolute Gasteiger partial charge is 0.312 e. The zero-order valence-electron chi connectivity index (χ0n) is 14.5. The van der Waals surface area contributed by atoms with Gasteiger partial charge in [-0.25, -0.2) is 17.5 Å². The minimum absolute atomic E-state index is 0.0584. The summed E-state index contributed by atoms with van der Waals surface area (Å²) >= 11 is 0. The summed E-state index contributed by atoms with van der Waals surface area (Å²) in [5.41, 5.74) is 1.76. The first-order chi connectivity index (χ1) is 12.4. The van der Waals surface area contributed by atoms with E-state index in [1.807, 2.05) is 0 Å². The molecule has 7 heteroatoms. The number of nitrogens with one attached hydrogen (secondary N) is 1. The lowest BCUT2D eigenvalue weighted by atomic mass is 10.1. The first-order valence-electron chi connectivity index (χ1n) is 8.52. The normalized spacial score (nSPS) is 14.8. The van der Waals surface area contributed by atoms with Crippen LogP contribution in [-0.2, 0) is 21.2 Å². The Labute approximate surface area is 152 Å². The van der Waals surface area contributed by atoms with Crippen LogP contribution in [0.5, 0.6) is 0 Å². The molecule has 0 radical (unpaired) electrons. The topological polar surface area (TPSA) is 66.5 Å². The summed E-state index contributed by atoms with van der Waals surface area (Å²) in [7, 11) is -3.70. The lowest BCUT2D eigenvalue weighted by molar-refractivity contribution is -0.117. The van der Waals surface area contributed by atoms with Crippen molar-refractivity contribution in [2.24, 2.45) is 0 Å². The van der Waals surface area contributed by atoms with E-state index in [1.54, 1.807) is 42.2 Å². The van der Waals surface area contributed by atoms with Crippen LogP contribution < -0.4 is 9.62 Å². The second-order valence-corrected chi connectivity index (χ2v) is 8.07. The zero-order chi connectivity index (χ0) is 18.7. The Bertz CT molecular complexity index is 928. The molecule has 3 rings (SSSR count). The molecule has 2 aromatic carbocycles. The molecule has 0 aromatic heterocycles. The van der Waals surface area contributed by atoms with Gasteiger partial charge in [0, 0.05) is 25.2 Å². The standard InChI is InChI=1S/C19H21FN2O3S/c1-14-13-16(22-12-4-7-19(22)23)8-9-18(14)26(24,25)21-11-10-15-5-2-3-6-17(15)20/h2-3,5-6,8-9,13,21H,4,7,10-12H2,1H3. The van der Waals surface area contributed by atoms with E-state index in [-0.39, 0.29) is 29.6 Å². The van der Waals surface area contributed by atoms with Gasteiger partial charge in [0.25, 0.3) is 0 Å². The number of carbonyl (C=O) groups is 1. The number of hydrogen-bond donors (Lipinski definition) is 1. The number of rotatable bonds is 6. The molecule has 1 aliphatic heterocycles. The third kappa shape index (κ3) is 3.94. The number of nitrogens with zero attached hydrogens (tertiary/aromatic N) is 1. The second-order valence-electron chi connectivity index (χ2n) is 6.34. The van der Waals surface area contributed by atoms with E-state index < -0.39 is 10.0 Å². The van der Waals surface area contributed by atoms with Gasteiger partial charge in [-0.3, -0.25) is 4.79 Å². The van der Waals surface area contributed by atoms with Gasteiger partial charge in [-0.05, 0) is 55.2 Å². The fraction of sp³-hybridized carbons (Fsp3) is 0.316. The van der Waals surface area contributed by atoms with Crippen LogP contribution in [0, 0.1) is 12.7 Å². The third-order valence-corrected chi connectivity index (χ3v) is 6.10. The van der Waals surface area contributed by atoms with E-state index in [0.29, 0.717) is 24.1 Å². The summed E-state index contributed by atoms with van der Waals surface area (Å²) in [6.07, 6.45) is 1.61. The predicted octanol–water partition coefficient (Wildman–Crippen LogP) is 2.78. The molecule has 1 N–H and O–H groups in total.